The zero-order valence-electron chi connectivity index (χ0n) is 27.7. The van der Waals surface area contributed by atoms with Crippen LogP contribution in [0.5, 0.6) is 0 Å². The van der Waals surface area contributed by atoms with Gasteiger partial charge >= 0.3 is 16.8 Å². The number of aromatic nitrogens is 1. The number of carbonyl (C=O) groups is 5. The number of anilines is 3. The van der Waals surface area contributed by atoms with Gasteiger partial charge in [-0.25, -0.2) is 14.5 Å². The lowest BCUT2D eigenvalue weighted by atomic mass is 9.83. The fourth-order valence-corrected chi connectivity index (χ4v) is 8.83. The number of hydrogen-bond acceptors (Lipinski definition) is 11. The van der Waals surface area contributed by atoms with E-state index in [0.29, 0.717) is 32.4 Å². The van der Waals surface area contributed by atoms with Crippen molar-refractivity contribution < 1.29 is 33.4 Å². The van der Waals surface area contributed by atoms with Crippen molar-refractivity contribution >= 4 is 69.8 Å². The van der Waals surface area contributed by atoms with Crippen LogP contribution in [0.1, 0.15) is 50.9 Å². The number of nitrogens with zero attached hydrogens (tertiary/aromatic N) is 3. The zero-order valence-corrected chi connectivity index (χ0v) is 29.3. The molecule has 2 unspecified atom stereocenters. The molecule has 3 atom stereocenters. The number of imide groups is 1. The fraction of sp³-hybridized carbons (Fsp3) is 0.278. The predicted molar refractivity (Wildman–Crippen MR) is 190 cm³/mol. The molecule has 3 aromatic carbocycles. The number of esters is 2. The van der Waals surface area contributed by atoms with Crippen molar-refractivity contribution in [1.29, 1.82) is 0 Å². The SMILES string of the molecule is CCOC(=O)c1ccc(NC(=O)Cn2c3c(sc2=O)[C@H](c2ccc(N(C)C)cc2)C2C(=O)N(c4ccc(C(=O)OCC)cc4)C(=O)C2S3)cc1. The Balaban J connectivity index is 1.33. The topological polar surface area (TPSA) is 144 Å². The summed E-state index contributed by atoms with van der Waals surface area (Å²) >= 11 is 2.07. The minimum Gasteiger partial charge on any atom is -0.462 e. The van der Waals surface area contributed by atoms with Crippen LogP contribution < -0.4 is 20.0 Å². The number of thiazole rings is 1. The number of hydrogen-bond donors (Lipinski definition) is 1. The molecule has 6 rings (SSSR count). The second kappa shape index (κ2) is 14.3. The van der Waals surface area contributed by atoms with Gasteiger partial charge in [-0.05, 0) is 80.1 Å². The highest BCUT2D eigenvalue weighted by molar-refractivity contribution is 8.00. The molecule has 0 spiro atoms. The number of thioether (sulfide) groups is 1. The third kappa shape index (κ3) is 6.55. The molecule has 3 heterocycles. The Morgan fingerprint density at radius 3 is 1.94 bits per heavy atom. The van der Waals surface area contributed by atoms with Gasteiger partial charge in [-0.3, -0.25) is 23.7 Å². The zero-order chi connectivity index (χ0) is 35.7. The molecule has 0 bridgehead atoms. The van der Waals surface area contributed by atoms with Crippen LogP contribution in [0, 0.1) is 5.92 Å². The summed E-state index contributed by atoms with van der Waals surface area (Å²) in [4.78, 5) is 82.6. The summed E-state index contributed by atoms with van der Waals surface area (Å²) in [5.74, 6) is -3.80. The maximum atomic E-state index is 14.2. The van der Waals surface area contributed by atoms with E-state index in [4.69, 9.17) is 9.47 Å². The Hall–Kier alpha value is -5.21. The van der Waals surface area contributed by atoms with E-state index < -0.39 is 51.6 Å². The summed E-state index contributed by atoms with van der Waals surface area (Å²) in [6, 6.07) is 19.9. The average molecular weight is 715 g/mol. The van der Waals surface area contributed by atoms with E-state index >= 15 is 0 Å². The normalized spacial score (nSPS) is 17.9. The molecule has 12 nitrogen and oxygen atoms in total. The summed E-state index contributed by atoms with van der Waals surface area (Å²) in [5, 5.41) is 2.34. The van der Waals surface area contributed by atoms with Gasteiger partial charge in [0.15, 0.2) is 0 Å². The van der Waals surface area contributed by atoms with Crippen molar-refractivity contribution in [2.45, 2.75) is 36.6 Å². The molecule has 2 aliphatic heterocycles. The van der Waals surface area contributed by atoms with Crippen molar-refractivity contribution in [3.05, 3.63) is 104 Å². The maximum absolute atomic E-state index is 14.2. The van der Waals surface area contributed by atoms with E-state index in [1.165, 1.54) is 28.8 Å². The standard InChI is InChI=1S/C36H34N4O8S2/c1-5-47-34(44)21-7-13-23(14-8-21)37-26(41)19-39-33-30(50-36(39)46)27(20-9-15-24(16-10-20)38(3)4)28-29(49-33)32(43)40(31(28)42)25-17-11-22(12-18-25)35(45)48-6-2/h7-18,27-29H,5-6,19H2,1-4H3,(H,37,41)/t27-,28?,29?/m1/s1. The molecule has 258 valence electrons. The first-order valence-corrected chi connectivity index (χ1v) is 17.6. The lowest BCUT2D eigenvalue weighted by Gasteiger charge is -2.31. The van der Waals surface area contributed by atoms with Crippen molar-refractivity contribution in [2.24, 2.45) is 5.92 Å². The lowest BCUT2D eigenvalue weighted by Crippen LogP contribution is -2.33. The molecule has 1 fully saturated rings. The van der Waals surface area contributed by atoms with Crippen LogP contribution in [-0.4, -0.2) is 66.8 Å². The highest BCUT2D eigenvalue weighted by Gasteiger charge is 2.56. The van der Waals surface area contributed by atoms with Gasteiger partial charge in [-0.1, -0.05) is 35.2 Å². The summed E-state index contributed by atoms with van der Waals surface area (Å²) in [7, 11) is 3.83. The number of ether oxygens (including phenoxy) is 2. The smallest absolute Gasteiger partial charge is 0.338 e. The Labute approximate surface area is 296 Å². The molecular formula is C36H34N4O8S2. The number of rotatable bonds is 10. The first-order chi connectivity index (χ1) is 24.0. The van der Waals surface area contributed by atoms with E-state index in [1.54, 1.807) is 38.1 Å². The van der Waals surface area contributed by atoms with Crippen LogP contribution in [0.3, 0.4) is 0 Å². The summed E-state index contributed by atoms with van der Waals surface area (Å²) in [6.07, 6.45) is 0. The van der Waals surface area contributed by atoms with Crippen LogP contribution in [0.4, 0.5) is 17.1 Å². The molecule has 3 amide bonds. The Kier molecular flexibility index (Phi) is 9.93. The molecule has 50 heavy (non-hydrogen) atoms. The van der Waals surface area contributed by atoms with Gasteiger partial charge in [0.1, 0.15) is 11.8 Å². The third-order valence-electron chi connectivity index (χ3n) is 8.44. The van der Waals surface area contributed by atoms with Crippen LogP contribution in [-0.2, 0) is 30.4 Å². The van der Waals surface area contributed by atoms with Gasteiger partial charge in [-0.15, -0.1) is 0 Å². The van der Waals surface area contributed by atoms with E-state index in [0.717, 1.165) is 39.2 Å². The first kappa shape index (κ1) is 34.6. The van der Waals surface area contributed by atoms with Crippen molar-refractivity contribution in [2.75, 3.05) is 42.4 Å². The molecule has 2 aliphatic rings. The minimum absolute atomic E-state index is 0.211. The Morgan fingerprint density at radius 1 is 0.800 bits per heavy atom. The number of fused-ring (bicyclic) bond motifs is 2. The van der Waals surface area contributed by atoms with Crippen LogP contribution in [0.2, 0.25) is 0 Å². The van der Waals surface area contributed by atoms with E-state index in [2.05, 4.69) is 5.32 Å². The van der Waals surface area contributed by atoms with Gasteiger partial charge in [0, 0.05) is 36.3 Å². The minimum atomic E-state index is -0.878. The number of amides is 3. The summed E-state index contributed by atoms with van der Waals surface area (Å²) < 4.78 is 11.4. The van der Waals surface area contributed by atoms with Gasteiger partial charge in [-0.2, -0.15) is 0 Å². The molecule has 4 aromatic rings. The Morgan fingerprint density at radius 2 is 1.38 bits per heavy atom. The first-order valence-electron chi connectivity index (χ1n) is 15.9. The second-order valence-corrected chi connectivity index (χ2v) is 13.9. The molecule has 0 saturated carbocycles. The highest BCUT2D eigenvalue weighted by atomic mass is 32.2. The average Bonchev–Trinajstić information content (AvgIpc) is 3.54. The monoisotopic (exact) mass is 714 g/mol. The molecule has 0 radical (unpaired) electrons. The third-order valence-corrected chi connectivity index (χ3v) is 11.0. The number of carbonyl (C=O) groups excluding carboxylic acids is 5. The lowest BCUT2D eigenvalue weighted by molar-refractivity contribution is -0.122. The molecular weight excluding hydrogens is 681 g/mol. The maximum Gasteiger partial charge on any atom is 0.338 e. The Bertz CT molecular complexity index is 2020. The van der Waals surface area contributed by atoms with Gasteiger partial charge in [0.2, 0.25) is 17.7 Å². The molecule has 0 aliphatic carbocycles. The molecule has 1 N–H and O–H groups in total. The van der Waals surface area contributed by atoms with Crippen LogP contribution >= 0.6 is 23.1 Å². The largest absolute Gasteiger partial charge is 0.462 e. The van der Waals surface area contributed by atoms with Crippen molar-refractivity contribution in [1.82, 2.24) is 4.57 Å². The fourth-order valence-electron chi connectivity index (χ4n) is 6.06. The van der Waals surface area contributed by atoms with Gasteiger partial charge in [0.05, 0.1) is 41.0 Å². The molecule has 14 heteroatoms. The number of nitrogens with one attached hydrogen (secondary N) is 1. The van der Waals surface area contributed by atoms with Gasteiger partial charge in [0.25, 0.3) is 0 Å². The van der Waals surface area contributed by atoms with E-state index in [1.807, 2.05) is 43.3 Å². The van der Waals surface area contributed by atoms with Crippen LogP contribution in [0.15, 0.2) is 82.6 Å². The summed E-state index contributed by atoms with van der Waals surface area (Å²) in [5.41, 5.74) is 3.06. The molecule has 1 saturated heterocycles. The van der Waals surface area contributed by atoms with Crippen molar-refractivity contribution in [3.8, 4) is 0 Å². The van der Waals surface area contributed by atoms with E-state index in [9.17, 15) is 28.8 Å². The summed E-state index contributed by atoms with van der Waals surface area (Å²) in [6.45, 7) is 3.53. The highest BCUT2D eigenvalue weighted by Crippen LogP contribution is 2.54. The predicted octanol–water partition coefficient (Wildman–Crippen LogP) is 4.76. The number of benzene rings is 3. The quantitative estimate of drug-likeness (QED) is 0.180. The van der Waals surface area contributed by atoms with Crippen molar-refractivity contribution in [3.63, 3.8) is 0 Å². The van der Waals surface area contributed by atoms with Gasteiger partial charge < -0.3 is 19.7 Å². The molecule has 1 aromatic heterocycles. The van der Waals surface area contributed by atoms with E-state index in [-0.39, 0.29) is 19.8 Å². The van der Waals surface area contributed by atoms with Crippen LogP contribution in [0.25, 0.3) is 0 Å². The second-order valence-electron chi connectivity index (χ2n) is 11.8.